The van der Waals surface area contributed by atoms with E-state index >= 15 is 0 Å². The molecule has 4 heterocycles. The van der Waals surface area contributed by atoms with E-state index in [1.165, 1.54) is 4.90 Å². The maximum Gasteiger partial charge on any atom is 0.267 e. The molecule has 0 bridgehead atoms. The SMILES string of the molecule is O=C([C@@H]1C[C@H](N2CCN(c3nccs3)CC2)CN1)N1CCC(F)(F)C1. The Morgan fingerprint density at radius 2 is 2.08 bits per heavy atom. The molecule has 4 rings (SSSR count). The molecule has 1 amide bonds. The fourth-order valence-corrected chi connectivity index (χ4v) is 4.67. The van der Waals surface area contributed by atoms with Crippen LogP contribution in [0.15, 0.2) is 11.6 Å². The fourth-order valence-electron chi connectivity index (χ4n) is 3.98. The van der Waals surface area contributed by atoms with Gasteiger partial charge in [-0.2, -0.15) is 0 Å². The van der Waals surface area contributed by atoms with Crippen molar-refractivity contribution in [1.82, 2.24) is 20.1 Å². The molecule has 3 fully saturated rings. The zero-order valence-electron chi connectivity index (χ0n) is 14.0. The van der Waals surface area contributed by atoms with Crippen LogP contribution in [-0.2, 0) is 4.79 Å². The Hall–Kier alpha value is -1.32. The monoisotopic (exact) mass is 371 g/mol. The first-order chi connectivity index (χ1) is 12.0. The Bertz CT molecular complexity index is 606. The van der Waals surface area contributed by atoms with Gasteiger partial charge in [0.2, 0.25) is 5.91 Å². The zero-order valence-corrected chi connectivity index (χ0v) is 14.9. The maximum atomic E-state index is 13.3. The van der Waals surface area contributed by atoms with Gasteiger partial charge in [-0.3, -0.25) is 9.69 Å². The number of thiazole rings is 1. The molecule has 25 heavy (non-hydrogen) atoms. The van der Waals surface area contributed by atoms with E-state index in [4.69, 9.17) is 0 Å². The molecule has 6 nitrogen and oxygen atoms in total. The number of rotatable bonds is 3. The van der Waals surface area contributed by atoms with Crippen LogP contribution in [0, 0.1) is 0 Å². The largest absolute Gasteiger partial charge is 0.346 e. The summed E-state index contributed by atoms with van der Waals surface area (Å²) in [7, 11) is 0. The molecule has 0 aliphatic carbocycles. The highest BCUT2D eigenvalue weighted by molar-refractivity contribution is 7.13. The average Bonchev–Trinajstić information content (AvgIpc) is 3.35. The number of amides is 1. The quantitative estimate of drug-likeness (QED) is 0.854. The van der Waals surface area contributed by atoms with Crippen LogP contribution in [0.2, 0.25) is 0 Å². The molecular formula is C16H23F2N5OS. The number of carbonyl (C=O) groups is 1. The third-order valence-electron chi connectivity index (χ3n) is 5.41. The van der Waals surface area contributed by atoms with Crippen molar-refractivity contribution in [2.24, 2.45) is 0 Å². The summed E-state index contributed by atoms with van der Waals surface area (Å²) in [6.07, 6.45) is 2.32. The molecule has 138 valence electrons. The standard InChI is InChI=1S/C16H23F2N5OS/c17-16(18)1-3-23(11-16)14(24)13-9-12(10-20-13)21-4-6-22(7-5-21)15-19-2-8-25-15/h2,8,12-13,20H,1,3-7,9-11H2/t12-,13-/m0/s1. The van der Waals surface area contributed by atoms with E-state index < -0.39 is 12.5 Å². The minimum atomic E-state index is -2.72. The number of nitrogens with one attached hydrogen (secondary N) is 1. The number of aromatic nitrogens is 1. The predicted molar refractivity (Wildman–Crippen MR) is 92.2 cm³/mol. The van der Waals surface area contributed by atoms with E-state index in [1.54, 1.807) is 11.3 Å². The van der Waals surface area contributed by atoms with Gasteiger partial charge >= 0.3 is 0 Å². The van der Waals surface area contributed by atoms with Gasteiger partial charge in [-0.1, -0.05) is 0 Å². The van der Waals surface area contributed by atoms with E-state index in [0.29, 0.717) is 12.5 Å². The number of alkyl halides is 2. The molecule has 1 aromatic heterocycles. The third kappa shape index (κ3) is 3.63. The van der Waals surface area contributed by atoms with Crippen LogP contribution in [0.3, 0.4) is 0 Å². The Morgan fingerprint density at radius 3 is 2.72 bits per heavy atom. The molecule has 3 aliphatic rings. The van der Waals surface area contributed by atoms with E-state index in [0.717, 1.165) is 37.9 Å². The molecule has 0 unspecified atom stereocenters. The lowest BCUT2D eigenvalue weighted by molar-refractivity contribution is -0.133. The molecule has 0 aromatic carbocycles. The minimum Gasteiger partial charge on any atom is -0.346 e. The first-order valence-electron chi connectivity index (χ1n) is 8.80. The number of hydrogen-bond acceptors (Lipinski definition) is 6. The minimum absolute atomic E-state index is 0.166. The summed E-state index contributed by atoms with van der Waals surface area (Å²) in [4.78, 5) is 22.8. The molecule has 1 aromatic rings. The number of piperazine rings is 1. The van der Waals surface area contributed by atoms with E-state index in [2.05, 4.69) is 20.1 Å². The Kier molecular flexibility index (Phi) is 4.63. The highest BCUT2D eigenvalue weighted by Gasteiger charge is 2.43. The van der Waals surface area contributed by atoms with E-state index in [1.807, 2.05) is 11.6 Å². The smallest absolute Gasteiger partial charge is 0.267 e. The second-order valence-corrected chi connectivity index (χ2v) is 7.93. The lowest BCUT2D eigenvalue weighted by Gasteiger charge is -2.37. The number of likely N-dealkylation sites (tertiary alicyclic amines) is 1. The van der Waals surface area contributed by atoms with Crippen molar-refractivity contribution >= 4 is 22.4 Å². The Balaban J connectivity index is 1.28. The second kappa shape index (κ2) is 6.77. The van der Waals surface area contributed by atoms with Gasteiger partial charge < -0.3 is 15.1 Å². The van der Waals surface area contributed by atoms with Gasteiger partial charge in [0.25, 0.3) is 5.92 Å². The van der Waals surface area contributed by atoms with Gasteiger partial charge in [0.1, 0.15) is 0 Å². The van der Waals surface area contributed by atoms with Crippen LogP contribution in [0.4, 0.5) is 13.9 Å². The Labute approximate surface area is 149 Å². The molecule has 0 spiro atoms. The summed E-state index contributed by atoms with van der Waals surface area (Å²) >= 11 is 1.65. The van der Waals surface area contributed by atoms with Crippen molar-refractivity contribution in [2.75, 3.05) is 50.7 Å². The summed E-state index contributed by atoms with van der Waals surface area (Å²) in [5.41, 5.74) is 0. The molecule has 1 N–H and O–H groups in total. The number of anilines is 1. The topological polar surface area (TPSA) is 51.7 Å². The summed E-state index contributed by atoms with van der Waals surface area (Å²) in [5, 5.41) is 6.29. The lowest BCUT2D eigenvalue weighted by Crippen LogP contribution is -2.51. The van der Waals surface area contributed by atoms with Crippen molar-refractivity contribution in [1.29, 1.82) is 0 Å². The highest BCUT2D eigenvalue weighted by atomic mass is 32.1. The van der Waals surface area contributed by atoms with Crippen LogP contribution < -0.4 is 10.2 Å². The van der Waals surface area contributed by atoms with Crippen LogP contribution in [0.25, 0.3) is 0 Å². The molecular weight excluding hydrogens is 348 g/mol. The number of nitrogens with zero attached hydrogens (tertiary/aromatic N) is 4. The molecule has 9 heteroatoms. The van der Waals surface area contributed by atoms with Gasteiger partial charge in [-0.05, 0) is 6.42 Å². The highest BCUT2D eigenvalue weighted by Crippen LogP contribution is 2.28. The van der Waals surface area contributed by atoms with E-state index in [-0.39, 0.29) is 24.9 Å². The van der Waals surface area contributed by atoms with Gasteiger partial charge in [-0.25, -0.2) is 13.8 Å². The van der Waals surface area contributed by atoms with Gasteiger partial charge in [0, 0.05) is 63.3 Å². The third-order valence-corrected chi connectivity index (χ3v) is 6.24. The summed E-state index contributed by atoms with van der Waals surface area (Å²) in [5.74, 6) is -2.89. The molecule has 3 aliphatic heterocycles. The molecule has 0 radical (unpaired) electrons. The number of halogens is 2. The summed E-state index contributed by atoms with van der Waals surface area (Å²) < 4.78 is 26.7. The predicted octanol–water partition coefficient (Wildman–Crippen LogP) is 0.863. The summed E-state index contributed by atoms with van der Waals surface area (Å²) in [6, 6.07) is -0.0219. The molecule has 2 atom stereocenters. The van der Waals surface area contributed by atoms with Crippen LogP contribution >= 0.6 is 11.3 Å². The maximum absolute atomic E-state index is 13.3. The summed E-state index contributed by atoms with van der Waals surface area (Å²) in [6.45, 7) is 4.23. The van der Waals surface area contributed by atoms with Crippen molar-refractivity contribution in [2.45, 2.75) is 30.8 Å². The van der Waals surface area contributed by atoms with Crippen molar-refractivity contribution in [3.05, 3.63) is 11.6 Å². The van der Waals surface area contributed by atoms with E-state index in [9.17, 15) is 13.6 Å². The fraction of sp³-hybridized carbons (Fsp3) is 0.750. The normalized spacial score (nSPS) is 30.2. The van der Waals surface area contributed by atoms with Crippen molar-refractivity contribution in [3.8, 4) is 0 Å². The Morgan fingerprint density at radius 1 is 1.28 bits per heavy atom. The van der Waals surface area contributed by atoms with Crippen LogP contribution in [0.1, 0.15) is 12.8 Å². The zero-order chi connectivity index (χ0) is 17.4. The average molecular weight is 371 g/mol. The number of carbonyl (C=O) groups excluding carboxylic acids is 1. The van der Waals surface area contributed by atoms with Crippen molar-refractivity contribution in [3.63, 3.8) is 0 Å². The second-order valence-electron chi connectivity index (χ2n) is 7.05. The molecule has 3 saturated heterocycles. The van der Waals surface area contributed by atoms with Gasteiger partial charge in [0.15, 0.2) is 5.13 Å². The van der Waals surface area contributed by atoms with Crippen LogP contribution in [-0.4, -0.2) is 84.5 Å². The first kappa shape index (κ1) is 17.1. The van der Waals surface area contributed by atoms with Gasteiger partial charge in [-0.15, -0.1) is 11.3 Å². The van der Waals surface area contributed by atoms with Crippen LogP contribution in [0.5, 0.6) is 0 Å². The molecule has 0 saturated carbocycles. The first-order valence-corrected chi connectivity index (χ1v) is 9.68. The lowest BCUT2D eigenvalue weighted by atomic mass is 10.1. The van der Waals surface area contributed by atoms with Gasteiger partial charge in [0.05, 0.1) is 12.6 Å². The number of hydrogen-bond donors (Lipinski definition) is 1. The van der Waals surface area contributed by atoms with Crippen molar-refractivity contribution < 1.29 is 13.6 Å².